The van der Waals surface area contributed by atoms with Gasteiger partial charge in [0.15, 0.2) is 9.92 Å². The third-order valence-corrected chi connectivity index (χ3v) is 9.38. The number of benzene rings is 1. The zero-order chi connectivity index (χ0) is 20.2. The summed E-state index contributed by atoms with van der Waals surface area (Å²) in [6.07, 6.45) is 7.57. The van der Waals surface area contributed by atoms with Crippen molar-refractivity contribution in [2.24, 2.45) is 15.4 Å². The molecule has 1 heterocycles. The number of hydrogen-bond acceptors (Lipinski definition) is 4. The van der Waals surface area contributed by atoms with Gasteiger partial charge in [-0.25, -0.2) is 14.1 Å². The molecular formula is C21H26N4O2S2. The molecular weight excluding hydrogens is 404 g/mol. The zero-order valence-corrected chi connectivity index (χ0v) is 18.1. The first-order chi connectivity index (χ1) is 14.0. The van der Waals surface area contributed by atoms with E-state index in [-0.39, 0.29) is 6.04 Å². The number of amides is 2. The van der Waals surface area contributed by atoms with E-state index in [1.807, 2.05) is 13.1 Å². The Morgan fingerprint density at radius 1 is 1.21 bits per heavy atom. The average Bonchev–Trinajstić information content (AvgIpc) is 3.16. The van der Waals surface area contributed by atoms with E-state index in [4.69, 9.17) is 5.14 Å². The summed E-state index contributed by atoms with van der Waals surface area (Å²) in [6.45, 7) is 0. The van der Waals surface area contributed by atoms with Crippen LogP contribution < -0.4 is 15.8 Å². The van der Waals surface area contributed by atoms with Crippen LogP contribution in [0.25, 0.3) is 0 Å². The van der Waals surface area contributed by atoms with Crippen molar-refractivity contribution in [3.63, 3.8) is 0 Å². The fourth-order valence-corrected chi connectivity index (χ4v) is 7.06. The lowest BCUT2D eigenvalue weighted by Gasteiger charge is -2.25. The molecule has 5 rings (SSSR count). The first-order valence-electron chi connectivity index (χ1n) is 10.3. The maximum atomic E-state index is 13.0. The minimum absolute atomic E-state index is 0.253. The summed E-state index contributed by atoms with van der Waals surface area (Å²) in [5.74, 6) is 0.624. The number of nitrogens with one attached hydrogen (secondary N) is 2. The fraction of sp³-hybridized carbons (Fsp3) is 0.476. The number of aryl methyl sites for hydroxylation is 2. The molecule has 0 spiro atoms. The smallest absolute Gasteiger partial charge is 0.312 e. The van der Waals surface area contributed by atoms with Gasteiger partial charge in [-0.3, -0.25) is 0 Å². The molecule has 2 amide bonds. The summed E-state index contributed by atoms with van der Waals surface area (Å²) in [7, 11) is -1.33. The number of urea groups is 1. The van der Waals surface area contributed by atoms with Crippen molar-refractivity contribution in [1.29, 1.82) is 0 Å². The second-order valence-electron chi connectivity index (χ2n) is 8.23. The molecule has 1 unspecified atom stereocenters. The lowest BCUT2D eigenvalue weighted by atomic mass is 9.83. The molecule has 3 aliphatic carbocycles. The minimum atomic E-state index is -3.27. The lowest BCUT2D eigenvalue weighted by molar-refractivity contribution is 0.260. The Kier molecular flexibility index (Phi) is 4.77. The van der Waals surface area contributed by atoms with Crippen LogP contribution in [0.1, 0.15) is 52.4 Å². The van der Waals surface area contributed by atoms with E-state index >= 15 is 0 Å². The third-order valence-electron chi connectivity index (χ3n) is 6.30. The summed E-state index contributed by atoms with van der Waals surface area (Å²) in [4.78, 5) is 13.8. The van der Waals surface area contributed by atoms with Gasteiger partial charge < -0.3 is 10.6 Å². The molecule has 4 N–H and O–H groups in total. The van der Waals surface area contributed by atoms with E-state index in [1.165, 1.54) is 46.4 Å². The summed E-state index contributed by atoms with van der Waals surface area (Å²) >= 11 is 1.39. The van der Waals surface area contributed by atoms with Crippen molar-refractivity contribution in [3.8, 4) is 0 Å². The van der Waals surface area contributed by atoms with Crippen LogP contribution in [0.15, 0.2) is 26.8 Å². The number of fused-ring (bicyclic) bond motifs is 2. The maximum absolute atomic E-state index is 13.0. The Balaban J connectivity index is 1.40. The molecule has 1 fully saturated rings. The molecule has 2 aromatic rings. The van der Waals surface area contributed by atoms with Gasteiger partial charge in [0.2, 0.25) is 0 Å². The van der Waals surface area contributed by atoms with E-state index in [0.29, 0.717) is 10.1 Å². The highest BCUT2D eigenvalue weighted by Gasteiger charge is 2.32. The van der Waals surface area contributed by atoms with Gasteiger partial charge in [-0.15, -0.1) is 15.7 Å². The quantitative estimate of drug-likeness (QED) is 0.670. The summed E-state index contributed by atoms with van der Waals surface area (Å²) < 4.78 is 17.4. The first kappa shape index (κ1) is 19.2. The van der Waals surface area contributed by atoms with Gasteiger partial charge in [-0.2, -0.15) is 0 Å². The standard InChI is InChI=1S/C21H26N4O2S2/c1-23-19(12-5-6-12)17-9-10-18(28-17)29(22,27)25-21(26)24-20-15-4-2-3-13(15)11-14-7-8-16(14)20/h9-12,19,23H,2-8H2,1H3,(H3,22,24,25,26,27)/t19?,29-/m0/s1. The Bertz CT molecular complexity index is 1110. The van der Waals surface area contributed by atoms with Crippen molar-refractivity contribution in [2.75, 3.05) is 12.4 Å². The van der Waals surface area contributed by atoms with E-state index in [0.717, 1.165) is 42.7 Å². The van der Waals surface area contributed by atoms with Crippen LogP contribution in [-0.2, 0) is 35.6 Å². The number of hydrogen-bond donors (Lipinski definition) is 3. The van der Waals surface area contributed by atoms with Gasteiger partial charge in [-0.05, 0) is 92.3 Å². The maximum Gasteiger partial charge on any atom is 0.354 e. The molecule has 8 heteroatoms. The molecule has 1 saturated carbocycles. The van der Waals surface area contributed by atoms with Crippen molar-refractivity contribution in [1.82, 2.24) is 5.32 Å². The number of carbonyl (C=O) groups is 1. The number of carbonyl (C=O) groups excluding carboxylic acids is 1. The van der Waals surface area contributed by atoms with Gasteiger partial charge >= 0.3 is 6.03 Å². The van der Waals surface area contributed by atoms with E-state index < -0.39 is 15.9 Å². The number of anilines is 1. The Morgan fingerprint density at radius 2 is 1.97 bits per heavy atom. The Labute approximate surface area is 175 Å². The van der Waals surface area contributed by atoms with Crippen molar-refractivity contribution in [3.05, 3.63) is 45.3 Å². The largest absolute Gasteiger partial charge is 0.354 e. The van der Waals surface area contributed by atoms with Gasteiger partial charge in [0.1, 0.15) is 4.21 Å². The molecule has 154 valence electrons. The number of nitrogens with two attached hydrogens (primary N) is 1. The van der Waals surface area contributed by atoms with Crippen LogP contribution in [-0.4, -0.2) is 17.3 Å². The number of thiophene rings is 1. The molecule has 0 saturated heterocycles. The van der Waals surface area contributed by atoms with Crippen LogP contribution in [0.5, 0.6) is 0 Å². The van der Waals surface area contributed by atoms with E-state index in [1.54, 1.807) is 6.07 Å². The lowest BCUT2D eigenvalue weighted by Crippen LogP contribution is -2.20. The topological polar surface area (TPSA) is 96.6 Å². The van der Waals surface area contributed by atoms with Crippen molar-refractivity contribution >= 4 is 33.0 Å². The Hall–Kier alpha value is -1.74. The monoisotopic (exact) mass is 430 g/mol. The second kappa shape index (κ2) is 7.19. The van der Waals surface area contributed by atoms with Crippen molar-refractivity contribution in [2.45, 2.75) is 55.2 Å². The zero-order valence-electron chi connectivity index (χ0n) is 16.5. The van der Waals surface area contributed by atoms with Gasteiger partial charge in [0.25, 0.3) is 0 Å². The molecule has 29 heavy (non-hydrogen) atoms. The fourth-order valence-electron chi connectivity index (χ4n) is 4.59. The van der Waals surface area contributed by atoms with E-state index in [9.17, 15) is 9.00 Å². The molecule has 0 radical (unpaired) electrons. The highest BCUT2D eigenvalue weighted by molar-refractivity contribution is 7.93. The second-order valence-corrected chi connectivity index (χ2v) is 11.4. The molecule has 0 bridgehead atoms. The predicted octanol–water partition coefficient (Wildman–Crippen LogP) is 3.94. The number of rotatable bonds is 5. The summed E-state index contributed by atoms with van der Waals surface area (Å²) in [6, 6.07) is 5.62. The average molecular weight is 431 g/mol. The molecule has 0 aliphatic heterocycles. The first-order valence-corrected chi connectivity index (χ1v) is 12.6. The molecule has 2 atom stereocenters. The third kappa shape index (κ3) is 3.52. The molecule has 6 nitrogen and oxygen atoms in total. The highest BCUT2D eigenvalue weighted by Crippen LogP contribution is 2.43. The van der Waals surface area contributed by atoms with Crippen molar-refractivity contribution < 1.29 is 9.00 Å². The van der Waals surface area contributed by atoms with Gasteiger partial charge in [-0.1, -0.05) is 6.07 Å². The summed E-state index contributed by atoms with van der Waals surface area (Å²) in [5, 5.41) is 12.3. The number of nitrogens with zero attached hydrogens (tertiary/aromatic N) is 1. The SMILES string of the molecule is CNC(c1ccc([S@@](N)(=O)=NC(=O)Nc2c3c(cc4c2CC4)CCC3)s1)C1CC1. The minimum Gasteiger partial charge on any atom is -0.312 e. The van der Waals surface area contributed by atoms with Crippen LogP contribution in [0, 0.1) is 5.92 Å². The normalized spacial score (nSPS) is 20.2. The van der Waals surface area contributed by atoms with Gasteiger partial charge in [0.05, 0.1) is 0 Å². The van der Waals surface area contributed by atoms with E-state index in [2.05, 4.69) is 21.1 Å². The molecule has 1 aromatic carbocycles. The van der Waals surface area contributed by atoms with Crippen LogP contribution in [0.3, 0.4) is 0 Å². The Morgan fingerprint density at radius 3 is 2.66 bits per heavy atom. The molecule has 1 aromatic heterocycles. The van der Waals surface area contributed by atoms with Crippen LogP contribution in [0.4, 0.5) is 10.5 Å². The predicted molar refractivity (Wildman–Crippen MR) is 117 cm³/mol. The van der Waals surface area contributed by atoms with Crippen LogP contribution >= 0.6 is 11.3 Å². The highest BCUT2D eigenvalue weighted by atomic mass is 32.2. The summed E-state index contributed by atoms with van der Waals surface area (Å²) in [5.41, 5.74) is 5.96. The van der Waals surface area contributed by atoms with Crippen LogP contribution in [0.2, 0.25) is 0 Å². The van der Waals surface area contributed by atoms with Gasteiger partial charge in [0, 0.05) is 16.6 Å². The molecule has 3 aliphatic rings.